The molecule has 0 unspecified atom stereocenters. The lowest BCUT2D eigenvalue weighted by atomic mass is 9.84. The van der Waals surface area contributed by atoms with E-state index >= 15 is 0 Å². The smallest absolute Gasteiger partial charge is 0.249 e. The van der Waals surface area contributed by atoms with Crippen LogP contribution in [0.5, 0.6) is 0 Å². The summed E-state index contributed by atoms with van der Waals surface area (Å²) in [5.41, 5.74) is 5.23. The summed E-state index contributed by atoms with van der Waals surface area (Å²) in [6.07, 6.45) is 3.58. The summed E-state index contributed by atoms with van der Waals surface area (Å²) in [7, 11) is 0. The molecule has 2 fully saturated rings. The van der Waals surface area contributed by atoms with Gasteiger partial charge < -0.3 is 14.5 Å². The van der Waals surface area contributed by atoms with Crippen LogP contribution in [0.3, 0.4) is 0 Å². The molecule has 0 saturated carbocycles. The van der Waals surface area contributed by atoms with Gasteiger partial charge in [0.05, 0.1) is 29.4 Å². The molecular formula is C25H28N4O2. The van der Waals surface area contributed by atoms with Crippen LogP contribution in [-0.4, -0.2) is 52.6 Å². The molecule has 6 nitrogen and oxygen atoms in total. The Bertz CT molecular complexity index is 1120. The molecule has 0 aliphatic carbocycles. The van der Waals surface area contributed by atoms with Gasteiger partial charge in [-0.3, -0.25) is 9.78 Å². The average molecular weight is 417 g/mol. The molecule has 31 heavy (non-hydrogen) atoms. The van der Waals surface area contributed by atoms with Crippen LogP contribution < -0.4 is 4.90 Å². The molecule has 160 valence electrons. The maximum absolute atomic E-state index is 12.9. The molecule has 1 amide bonds. The number of ether oxygens (including phenoxy) is 1. The number of fused-ring (bicyclic) bond motifs is 1. The molecule has 3 heterocycles. The highest BCUT2D eigenvalue weighted by atomic mass is 16.5. The Labute approximate surface area is 182 Å². The Kier molecular flexibility index (Phi) is 5.10. The Hall–Kier alpha value is -2.99. The van der Waals surface area contributed by atoms with Crippen LogP contribution in [0.15, 0.2) is 48.7 Å². The lowest BCUT2D eigenvalue weighted by Gasteiger charge is -2.51. The maximum atomic E-state index is 12.9. The van der Waals surface area contributed by atoms with Crippen LogP contribution >= 0.6 is 0 Å². The number of aromatic nitrogens is 2. The molecule has 2 aromatic carbocycles. The molecule has 1 spiro atoms. The number of nitrogens with zero attached hydrogens (tertiary/aromatic N) is 4. The van der Waals surface area contributed by atoms with Crippen molar-refractivity contribution in [2.45, 2.75) is 38.8 Å². The average Bonchev–Trinajstić information content (AvgIpc) is 2.79. The first-order chi connectivity index (χ1) is 15.0. The third kappa shape index (κ3) is 3.76. The highest BCUT2D eigenvalue weighted by Gasteiger charge is 2.45. The van der Waals surface area contributed by atoms with Gasteiger partial charge in [0.1, 0.15) is 12.4 Å². The third-order valence-corrected chi connectivity index (χ3v) is 6.76. The van der Waals surface area contributed by atoms with E-state index < -0.39 is 0 Å². The van der Waals surface area contributed by atoms with E-state index in [-0.39, 0.29) is 18.1 Å². The van der Waals surface area contributed by atoms with Crippen molar-refractivity contribution in [3.63, 3.8) is 0 Å². The normalized spacial score (nSPS) is 18.7. The van der Waals surface area contributed by atoms with E-state index in [9.17, 15) is 4.79 Å². The number of benzene rings is 2. The molecule has 0 bridgehead atoms. The van der Waals surface area contributed by atoms with Crippen molar-refractivity contribution in [1.29, 1.82) is 0 Å². The zero-order valence-corrected chi connectivity index (χ0v) is 18.2. The number of hydrogen-bond donors (Lipinski definition) is 0. The van der Waals surface area contributed by atoms with E-state index in [1.54, 1.807) is 0 Å². The predicted octanol–water partition coefficient (Wildman–Crippen LogP) is 3.64. The predicted molar refractivity (Wildman–Crippen MR) is 121 cm³/mol. The lowest BCUT2D eigenvalue weighted by Crippen LogP contribution is -2.63. The van der Waals surface area contributed by atoms with Crippen molar-refractivity contribution < 1.29 is 9.53 Å². The molecule has 6 heteroatoms. The summed E-state index contributed by atoms with van der Waals surface area (Å²) in [5.74, 6) is 0.990. The Morgan fingerprint density at radius 3 is 2.65 bits per heavy atom. The van der Waals surface area contributed by atoms with Gasteiger partial charge in [0.2, 0.25) is 5.91 Å². The lowest BCUT2D eigenvalue weighted by molar-refractivity contribution is -0.161. The van der Waals surface area contributed by atoms with E-state index in [1.807, 2.05) is 30.5 Å². The summed E-state index contributed by atoms with van der Waals surface area (Å²) in [5, 5.41) is 0. The van der Waals surface area contributed by atoms with Gasteiger partial charge in [-0.1, -0.05) is 35.9 Å². The Morgan fingerprint density at radius 1 is 1.06 bits per heavy atom. The van der Waals surface area contributed by atoms with Gasteiger partial charge in [-0.05, 0) is 49.9 Å². The summed E-state index contributed by atoms with van der Waals surface area (Å²) in [6, 6.07) is 14.4. The molecule has 5 rings (SSSR count). The van der Waals surface area contributed by atoms with Crippen LogP contribution in [0, 0.1) is 13.8 Å². The number of rotatable bonds is 3. The SMILES string of the molecule is Cc1ccc(C)c(CN2C(=O)COCC23CCN(c2cnc4ccccc4n2)CC3)c1. The molecule has 0 N–H and O–H groups in total. The Morgan fingerprint density at radius 2 is 1.84 bits per heavy atom. The van der Waals surface area contributed by atoms with Gasteiger partial charge in [0, 0.05) is 19.6 Å². The van der Waals surface area contributed by atoms with E-state index in [0.717, 1.165) is 42.8 Å². The number of carbonyl (C=O) groups is 1. The number of amides is 1. The van der Waals surface area contributed by atoms with Gasteiger partial charge >= 0.3 is 0 Å². The van der Waals surface area contributed by atoms with E-state index in [4.69, 9.17) is 9.72 Å². The van der Waals surface area contributed by atoms with Crippen LogP contribution in [0.4, 0.5) is 5.82 Å². The molecule has 0 radical (unpaired) electrons. The zero-order valence-electron chi connectivity index (χ0n) is 18.2. The second-order valence-corrected chi connectivity index (χ2v) is 8.83. The summed E-state index contributed by atoms with van der Waals surface area (Å²) >= 11 is 0. The fourth-order valence-electron chi connectivity index (χ4n) is 4.81. The molecular weight excluding hydrogens is 388 g/mol. The van der Waals surface area contributed by atoms with Gasteiger partial charge in [0.25, 0.3) is 0 Å². The summed E-state index contributed by atoms with van der Waals surface area (Å²) in [4.78, 5) is 26.7. The largest absolute Gasteiger partial charge is 0.369 e. The monoisotopic (exact) mass is 416 g/mol. The minimum absolute atomic E-state index is 0.0890. The number of aryl methyl sites for hydroxylation is 2. The van der Waals surface area contributed by atoms with Gasteiger partial charge in [-0.25, -0.2) is 4.98 Å². The first-order valence-corrected chi connectivity index (χ1v) is 11.0. The molecule has 0 atom stereocenters. The van der Waals surface area contributed by atoms with Crippen molar-refractivity contribution in [3.05, 3.63) is 65.4 Å². The molecule has 3 aromatic rings. The van der Waals surface area contributed by atoms with Gasteiger partial charge in [-0.15, -0.1) is 0 Å². The number of hydrogen-bond acceptors (Lipinski definition) is 5. The van der Waals surface area contributed by atoms with Crippen LogP contribution in [-0.2, 0) is 16.1 Å². The topological polar surface area (TPSA) is 58.6 Å². The Balaban J connectivity index is 1.37. The van der Waals surface area contributed by atoms with Crippen LogP contribution in [0.1, 0.15) is 29.5 Å². The number of piperidine rings is 1. The van der Waals surface area contributed by atoms with E-state index in [2.05, 4.69) is 46.8 Å². The maximum Gasteiger partial charge on any atom is 0.249 e. The minimum atomic E-state index is -0.258. The van der Waals surface area contributed by atoms with Crippen molar-refractivity contribution >= 4 is 22.8 Å². The van der Waals surface area contributed by atoms with Crippen molar-refractivity contribution in [2.75, 3.05) is 31.2 Å². The fourth-order valence-corrected chi connectivity index (χ4v) is 4.81. The van der Waals surface area contributed by atoms with Gasteiger partial charge in [-0.2, -0.15) is 0 Å². The standard InChI is InChI=1S/C25H28N4O2/c1-18-7-8-19(2)20(13-18)15-29-24(30)16-31-17-25(29)9-11-28(12-10-25)23-14-26-21-5-3-4-6-22(21)27-23/h3-8,13-14H,9-12,15-17H2,1-2H3. The summed E-state index contributed by atoms with van der Waals surface area (Å²) in [6.45, 7) is 7.29. The number of morpholine rings is 1. The van der Waals surface area contributed by atoms with Crippen LogP contribution in [0.2, 0.25) is 0 Å². The van der Waals surface area contributed by atoms with Gasteiger partial charge in [0.15, 0.2) is 0 Å². The first kappa shape index (κ1) is 19.9. The molecule has 2 aliphatic heterocycles. The highest BCUT2D eigenvalue weighted by Crippen LogP contribution is 2.35. The fraction of sp³-hybridized carbons (Fsp3) is 0.400. The minimum Gasteiger partial charge on any atom is -0.369 e. The number of carbonyl (C=O) groups excluding carboxylic acids is 1. The number of anilines is 1. The molecule has 1 aromatic heterocycles. The quantitative estimate of drug-likeness (QED) is 0.652. The highest BCUT2D eigenvalue weighted by molar-refractivity contribution is 5.79. The van der Waals surface area contributed by atoms with E-state index in [1.165, 1.54) is 16.7 Å². The zero-order chi connectivity index (χ0) is 21.4. The van der Waals surface area contributed by atoms with E-state index in [0.29, 0.717) is 13.2 Å². The summed E-state index contributed by atoms with van der Waals surface area (Å²) < 4.78 is 5.76. The van der Waals surface area contributed by atoms with Crippen LogP contribution in [0.25, 0.3) is 11.0 Å². The molecule has 2 aliphatic rings. The number of para-hydroxylation sites is 2. The first-order valence-electron chi connectivity index (χ1n) is 11.0. The van der Waals surface area contributed by atoms with Crippen molar-refractivity contribution in [2.24, 2.45) is 0 Å². The molecule has 2 saturated heterocycles. The van der Waals surface area contributed by atoms with Crippen molar-refractivity contribution in [1.82, 2.24) is 14.9 Å². The van der Waals surface area contributed by atoms with Crippen molar-refractivity contribution in [3.8, 4) is 0 Å². The second-order valence-electron chi connectivity index (χ2n) is 8.83. The second kappa shape index (κ2) is 7.93. The third-order valence-electron chi connectivity index (χ3n) is 6.76.